The van der Waals surface area contributed by atoms with Crippen LogP contribution in [0.1, 0.15) is 187 Å². The summed E-state index contributed by atoms with van der Waals surface area (Å²) >= 11 is 0. The molecule has 13 heteroatoms. The van der Waals surface area contributed by atoms with Crippen LogP contribution in [-0.2, 0) is 38.3 Å². The second-order valence-electron chi connectivity index (χ2n) is 15.6. The topological polar surface area (TPSA) is 178 Å². The third kappa shape index (κ3) is 30.3. The number of unbranched alkanes of at least 4 members (excludes halogenated alkanes) is 22. The van der Waals surface area contributed by atoms with Gasteiger partial charge in [-0.15, -0.1) is 0 Å². The Hall–Kier alpha value is -1.42. The van der Waals surface area contributed by atoms with E-state index in [2.05, 4.69) is 42.3 Å². The lowest BCUT2D eigenvalue weighted by Crippen LogP contribution is -2.60. The molecule has 0 aromatic rings. The second-order valence-corrected chi connectivity index (χ2v) is 16.7. The molecule has 1 aliphatic heterocycles. The molecule has 6 atom stereocenters. The zero-order valence-corrected chi connectivity index (χ0v) is 36.5. The number of carbonyl (C=O) groups excluding carboxylic acids is 1. The maximum absolute atomic E-state index is 12.8. The minimum Gasteiger partial charge on any atom is -0.457 e. The molecule has 1 heterocycles. The number of aliphatic hydroxyl groups is 3. The Morgan fingerprint density at radius 3 is 1.72 bits per heavy atom. The van der Waals surface area contributed by atoms with E-state index in [0.717, 1.165) is 64.2 Å². The normalized spacial score (nSPS) is 20.8. The van der Waals surface area contributed by atoms with Crippen molar-refractivity contribution in [1.29, 1.82) is 0 Å². The lowest BCUT2D eigenvalue weighted by atomic mass is 9.99. The molecule has 0 aliphatic carbocycles. The molecule has 12 nitrogen and oxygen atoms in total. The number of hydrogen-bond donors (Lipinski definition) is 4. The first-order chi connectivity index (χ1) is 27.6. The molecule has 336 valence electrons. The van der Waals surface area contributed by atoms with Gasteiger partial charge in [-0.3, -0.25) is 9.35 Å². The SMILES string of the molecule is CCCC/C=C\C/C=C\CCCCCCCCOCC(COC1OC(CO)C(O)C(OS(=O)(=O)O)C1O)OC(=O)CCCCCCCCCCCCCCCCC. The summed E-state index contributed by atoms with van der Waals surface area (Å²) in [5, 5.41) is 30.6. The molecule has 0 aromatic carbocycles. The van der Waals surface area contributed by atoms with Crippen molar-refractivity contribution < 1.29 is 56.2 Å². The molecule has 0 spiro atoms. The highest BCUT2D eigenvalue weighted by atomic mass is 32.3. The summed E-state index contributed by atoms with van der Waals surface area (Å²) in [6.45, 7) is 3.94. The van der Waals surface area contributed by atoms with Crippen molar-refractivity contribution in [1.82, 2.24) is 0 Å². The smallest absolute Gasteiger partial charge is 0.397 e. The quantitative estimate of drug-likeness (QED) is 0.0200. The molecule has 1 saturated heterocycles. The van der Waals surface area contributed by atoms with Crippen LogP contribution >= 0.6 is 0 Å². The van der Waals surface area contributed by atoms with Gasteiger partial charge in [-0.1, -0.05) is 167 Å². The molecule has 1 rings (SSSR count). The van der Waals surface area contributed by atoms with Gasteiger partial charge in [0.05, 0.1) is 19.8 Å². The van der Waals surface area contributed by atoms with Crippen LogP contribution in [0, 0.1) is 0 Å². The number of aliphatic hydroxyl groups excluding tert-OH is 3. The van der Waals surface area contributed by atoms with Gasteiger partial charge in [0.25, 0.3) is 0 Å². The van der Waals surface area contributed by atoms with Crippen LogP contribution in [0.4, 0.5) is 0 Å². The summed E-state index contributed by atoms with van der Waals surface area (Å²) < 4.78 is 59.0. The maximum atomic E-state index is 12.8. The number of carbonyl (C=O) groups is 1. The average molecular weight is 835 g/mol. The first kappa shape index (κ1) is 53.6. The van der Waals surface area contributed by atoms with E-state index in [0.29, 0.717) is 13.0 Å². The molecule has 0 saturated carbocycles. The number of ether oxygens (including phenoxy) is 4. The van der Waals surface area contributed by atoms with Gasteiger partial charge in [-0.2, -0.15) is 8.42 Å². The van der Waals surface area contributed by atoms with Crippen molar-refractivity contribution in [2.24, 2.45) is 0 Å². The highest BCUT2D eigenvalue weighted by Gasteiger charge is 2.48. The Bertz CT molecular complexity index is 1100. The highest BCUT2D eigenvalue weighted by molar-refractivity contribution is 7.80. The maximum Gasteiger partial charge on any atom is 0.397 e. The Morgan fingerprint density at radius 2 is 1.18 bits per heavy atom. The zero-order valence-electron chi connectivity index (χ0n) is 35.7. The predicted octanol–water partition coefficient (Wildman–Crippen LogP) is 9.24. The Morgan fingerprint density at radius 1 is 0.667 bits per heavy atom. The van der Waals surface area contributed by atoms with E-state index in [-0.39, 0.29) is 19.6 Å². The van der Waals surface area contributed by atoms with Crippen molar-refractivity contribution in [3.63, 3.8) is 0 Å². The van der Waals surface area contributed by atoms with Gasteiger partial charge in [0.2, 0.25) is 0 Å². The van der Waals surface area contributed by atoms with Crippen LogP contribution in [0.3, 0.4) is 0 Å². The van der Waals surface area contributed by atoms with Crippen LogP contribution < -0.4 is 0 Å². The number of allylic oxidation sites excluding steroid dienone is 4. The number of hydrogen-bond acceptors (Lipinski definition) is 11. The van der Waals surface area contributed by atoms with Crippen LogP contribution in [0.15, 0.2) is 24.3 Å². The van der Waals surface area contributed by atoms with E-state index in [1.165, 1.54) is 96.3 Å². The first-order valence-corrected chi connectivity index (χ1v) is 24.0. The van der Waals surface area contributed by atoms with E-state index in [9.17, 15) is 28.5 Å². The van der Waals surface area contributed by atoms with Crippen molar-refractivity contribution in [2.75, 3.05) is 26.4 Å². The van der Waals surface area contributed by atoms with E-state index < -0.39 is 59.8 Å². The van der Waals surface area contributed by atoms with E-state index in [1.807, 2.05) is 0 Å². The molecule has 0 amide bonds. The van der Waals surface area contributed by atoms with Gasteiger partial charge in [0, 0.05) is 13.0 Å². The molecule has 4 N–H and O–H groups in total. The molecule has 57 heavy (non-hydrogen) atoms. The van der Waals surface area contributed by atoms with Crippen molar-refractivity contribution in [2.45, 2.75) is 224 Å². The summed E-state index contributed by atoms with van der Waals surface area (Å²) in [7, 11) is -5.06. The van der Waals surface area contributed by atoms with Crippen molar-refractivity contribution in [3.8, 4) is 0 Å². The first-order valence-electron chi connectivity index (χ1n) is 22.6. The van der Waals surface area contributed by atoms with Crippen molar-refractivity contribution >= 4 is 16.4 Å². The Kier molecular flexibility index (Phi) is 34.3. The van der Waals surface area contributed by atoms with Gasteiger partial charge in [0.15, 0.2) is 6.29 Å². The van der Waals surface area contributed by atoms with Crippen LogP contribution in [0.25, 0.3) is 0 Å². The van der Waals surface area contributed by atoms with Gasteiger partial charge in [0.1, 0.15) is 30.5 Å². The molecule has 0 bridgehead atoms. The summed E-state index contributed by atoms with van der Waals surface area (Å²) in [6.07, 6.45) is 30.6. The molecule has 1 fully saturated rings. The van der Waals surface area contributed by atoms with Gasteiger partial charge < -0.3 is 34.3 Å². The summed E-state index contributed by atoms with van der Waals surface area (Å²) in [4.78, 5) is 12.8. The van der Waals surface area contributed by atoms with Crippen LogP contribution in [0.5, 0.6) is 0 Å². The van der Waals surface area contributed by atoms with E-state index in [4.69, 9.17) is 23.5 Å². The lowest BCUT2D eigenvalue weighted by molar-refractivity contribution is -0.301. The molecular weight excluding hydrogens is 753 g/mol. The van der Waals surface area contributed by atoms with E-state index >= 15 is 0 Å². The third-order valence-corrected chi connectivity index (χ3v) is 10.8. The minimum absolute atomic E-state index is 0.0323. The van der Waals surface area contributed by atoms with Gasteiger partial charge >= 0.3 is 16.4 Å². The van der Waals surface area contributed by atoms with Gasteiger partial charge in [-0.25, -0.2) is 4.18 Å². The second kappa shape index (κ2) is 36.4. The van der Waals surface area contributed by atoms with Crippen molar-refractivity contribution in [3.05, 3.63) is 24.3 Å². The summed E-state index contributed by atoms with van der Waals surface area (Å²) in [5.41, 5.74) is 0. The molecule has 0 aromatic heterocycles. The molecule has 0 radical (unpaired) electrons. The monoisotopic (exact) mass is 835 g/mol. The predicted molar refractivity (Wildman–Crippen MR) is 225 cm³/mol. The minimum atomic E-state index is -5.06. The lowest BCUT2D eigenvalue weighted by Gasteiger charge is -2.41. The molecule has 1 aliphatic rings. The fraction of sp³-hybridized carbons (Fsp3) is 0.886. The Labute approximate surface area is 346 Å². The fourth-order valence-corrected chi connectivity index (χ4v) is 7.37. The number of rotatable bonds is 39. The highest BCUT2D eigenvalue weighted by Crippen LogP contribution is 2.26. The standard InChI is InChI=1S/C44H82O12S/c1-3-5-7-9-11-13-15-17-19-21-23-25-27-29-31-33-40(46)54-38(37-53-44-42(48)43(56-57(49,50)51)41(47)39(35-45)55-44)36-52-34-32-30-28-26-24-22-20-18-16-14-12-10-8-6-4-2/h10,12,16,18,38-39,41-45,47-48H,3-9,11,13-15,17,19-37H2,1-2H3,(H,49,50,51)/b12-10-,18-16-. The van der Waals surface area contributed by atoms with E-state index in [1.54, 1.807) is 0 Å². The summed E-state index contributed by atoms with van der Waals surface area (Å²) in [6, 6.07) is 0. The average Bonchev–Trinajstić information content (AvgIpc) is 3.18. The zero-order chi connectivity index (χ0) is 41.8. The van der Waals surface area contributed by atoms with Crippen LogP contribution in [-0.4, -0.2) is 97.5 Å². The summed E-state index contributed by atoms with van der Waals surface area (Å²) in [5.74, 6) is -0.401. The largest absolute Gasteiger partial charge is 0.457 e. The van der Waals surface area contributed by atoms with Crippen LogP contribution in [0.2, 0.25) is 0 Å². The Balaban J connectivity index is 2.44. The van der Waals surface area contributed by atoms with Gasteiger partial charge in [-0.05, 0) is 38.5 Å². The number of esters is 1. The fourth-order valence-electron chi connectivity index (χ4n) is 6.87. The molecule has 6 unspecified atom stereocenters. The third-order valence-electron chi connectivity index (χ3n) is 10.3. The molecular formula is C44H82O12S.